The van der Waals surface area contributed by atoms with Crippen molar-refractivity contribution in [1.82, 2.24) is 9.55 Å². The third kappa shape index (κ3) is 1.14. The van der Waals surface area contributed by atoms with E-state index in [-0.39, 0.29) is 0 Å². The van der Waals surface area contributed by atoms with Crippen LogP contribution < -0.4 is 0 Å². The molecule has 0 bridgehead atoms. The van der Waals surface area contributed by atoms with Crippen molar-refractivity contribution in [3.63, 3.8) is 0 Å². The van der Waals surface area contributed by atoms with E-state index in [9.17, 15) is 4.79 Å². The number of aromatic nitrogens is 2. The summed E-state index contributed by atoms with van der Waals surface area (Å²) in [6.07, 6.45) is 5.21. The zero-order valence-electron chi connectivity index (χ0n) is 6.64. The fraction of sp³-hybridized carbons (Fsp3) is 0.500. The summed E-state index contributed by atoms with van der Waals surface area (Å²) in [5.74, 6) is 0.491. The standard InChI is InChI=1S/C8H10N2O2/c11-5-8-9-2-3-10(8)7-1-4-12-6-7/h2-3,5,7H,1,4,6H2. The van der Waals surface area contributed by atoms with E-state index < -0.39 is 0 Å². The first-order chi connectivity index (χ1) is 5.92. The van der Waals surface area contributed by atoms with E-state index in [1.807, 2.05) is 10.8 Å². The van der Waals surface area contributed by atoms with Crippen LogP contribution >= 0.6 is 0 Å². The van der Waals surface area contributed by atoms with Gasteiger partial charge in [0.1, 0.15) is 0 Å². The first-order valence-corrected chi connectivity index (χ1v) is 3.97. The number of aldehydes is 1. The van der Waals surface area contributed by atoms with E-state index in [0.29, 0.717) is 18.5 Å². The van der Waals surface area contributed by atoms with Crippen molar-refractivity contribution in [2.45, 2.75) is 12.5 Å². The molecule has 1 aliphatic rings. The van der Waals surface area contributed by atoms with E-state index in [1.165, 1.54) is 0 Å². The van der Waals surface area contributed by atoms with E-state index in [2.05, 4.69) is 4.98 Å². The van der Waals surface area contributed by atoms with E-state index in [4.69, 9.17) is 4.74 Å². The maximum Gasteiger partial charge on any atom is 0.185 e. The predicted octanol–water partition coefficient (Wildman–Crippen LogP) is 0.657. The van der Waals surface area contributed by atoms with Crippen molar-refractivity contribution < 1.29 is 9.53 Å². The quantitative estimate of drug-likeness (QED) is 0.606. The summed E-state index contributed by atoms with van der Waals surface area (Å²) in [5, 5.41) is 0. The Morgan fingerprint density at radius 2 is 2.67 bits per heavy atom. The van der Waals surface area contributed by atoms with Crippen molar-refractivity contribution in [3.8, 4) is 0 Å². The molecule has 2 rings (SSSR count). The monoisotopic (exact) mass is 166 g/mol. The second-order valence-corrected chi connectivity index (χ2v) is 2.83. The molecule has 2 heterocycles. The third-order valence-electron chi connectivity index (χ3n) is 2.10. The Morgan fingerprint density at radius 1 is 1.75 bits per heavy atom. The van der Waals surface area contributed by atoms with Gasteiger partial charge in [0, 0.05) is 19.0 Å². The van der Waals surface area contributed by atoms with Gasteiger partial charge in [0.15, 0.2) is 12.1 Å². The van der Waals surface area contributed by atoms with Gasteiger partial charge < -0.3 is 9.30 Å². The smallest absolute Gasteiger partial charge is 0.185 e. The van der Waals surface area contributed by atoms with Gasteiger partial charge in [-0.1, -0.05) is 0 Å². The van der Waals surface area contributed by atoms with Gasteiger partial charge in [-0.15, -0.1) is 0 Å². The summed E-state index contributed by atoms with van der Waals surface area (Å²) >= 11 is 0. The van der Waals surface area contributed by atoms with Gasteiger partial charge in [0.2, 0.25) is 0 Å². The number of carbonyl (C=O) groups excluding carboxylic acids is 1. The molecule has 1 fully saturated rings. The van der Waals surface area contributed by atoms with Gasteiger partial charge in [-0.25, -0.2) is 4.98 Å². The van der Waals surface area contributed by atoms with Crippen LogP contribution in [0.5, 0.6) is 0 Å². The summed E-state index contributed by atoms with van der Waals surface area (Å²) in [6.45, 7) is 1.47. The fourth-order valence-corrected chi connectivity index (χ4v) is 1.47. The molecule has 1 unspecified atom stereocenters. The normalized spacial score (nSPS) is 22.8. The number of carbonyl (C=O) groups is 1. The highest BCUT2D eigenvalue weighted by Gasteiger charge is 2.19. The Morgan fingerprint density at radius 3 is 3.33 bits per heavy atom. The van der Waals surface area contributed by atoms with Gasteiger partial charge in [-0.05, 0) is 6.42 Å². The molecule has 0 aromatic carbocycles. The highest BCUT2D eigenvalue weighted by molar-refractivity contribution is 5.69. The topological polar surface area (TPSA) is 44.1 Å². The molecule has 4 nitrogen and oxygen atoms in total. The summed E-state index contributed by atoms with van der Waals surface area (Å²) in [4.78, 5) is 14.4. The SMILES string of the molecule is O=Cc1nccn1C1CCOC1. The number of nitrogens with zero attached hydrogens (tertiary/aromatic N) is 2. The van der Waals surface area contributed by atoms with Gasteiger partial charge in [0.25, 0.3) is 0 Å². The lowest BCUT2D eigenvalue weighted by molar-refractivity contribution is 0.110. The summed E-state index contributed by atoms with van der Waals surface area (Å²) in [5.41, 5.74) is 0. The Kier molecular flexibility index (Phi) is 1.91. The minimum Gasteiger partial charge on any atom is -0.379 e. The minimum absolute atomic E-state index is 0.299. The number of imidazole rings is 1. The van der Waals surface area contributed by atoms with Crippen LogP contribution in [0.25, 0.3) is 0 Å². The van der Waals surface area contributed by atoms with Crippen molar-refractivity contribution >= 4 is 6.29 Å². The highest BCUT2D eigenvalue weighted by atomic mass is 16.5. The largest absolute Gasteiger partial charge is 0.379 e. The van der Waals surface area contributed by atoms with Gasteiger partial charge in [-0.2, -0.15) is 0 Å². The van der Waals surface area contributed by atoms with Crippen molar-refractivity contribution in [1.29, 1.82) is 0 Å². The second kappa shape index (κ2) is 3.06. The molecule has 12 heavy (non-hydrogen) atoms. The average molecular weight is 166 g/mol. The summed E-state index contributed by atoms with van der Waals surface area (Å²) < 4.78 is 7.09. The lowest BCUT2D eigenvalue weighted by Gasteiger charge is -2.09. The molecule has 1 aromatic heterocycles. The number of ether oxygens (including phenoxy) is 1. The number of hydrogen-bond acceptors (Lipinski definition) is 3. The molecular formula is C8H10N2O2. The minimum atomic E-state index is 0.299. The van der Waals surface area contributed by atoms with Crippen molar-refractivity contribution in [3.05, 3.63) is 18.2 Å². The van der Waals surface area contributed by atoms with Crippen LogP contribution in [0.1, 0.15) is 23.1 Å². The van der Waals surface area contributed by atoms with Gasteiger partial charge in [-0.3, -0.25) is 4.79 Å². The first kappa shape index (κ1) is 7.49. The van der Waals surface area contributed by atoms with Crippen LogP contribution in [-0.4, -0.2) is 29.1 Å². The molecule has 1 aliphatic heterocycles. The molecule has 0 radical (unpaired) electrons. The Labute approximate surface area is 70.2 Å². The van der Waals surface area contributed by atoms with Gasteiger partial charge in [0.05, 0.1) is 12.6 Å². The van der Waals surface area contributed by atoms with Crippen LogP contribution in [0.2, 0.25) is 0 Å². The van der Waals surface area contributed by atoms with Crippen LogP contribution in [0.15, 0.2) is 12.4 Å². The number of rotatable bonds is 2. The predicted molar refractivity (Wildman–Crippen MR) is 42.1 cm³/mol. The lowest BCUT2D eigenvalue weighted by atomic mass is 10.2. The van der Waals surface area contributed by atoms with Crippen LogP contribution in [0.3, 0.4) is 0 Å². The Bertz CT molecular complexity index is 276. The zero-order valence-corrected chi connectivity index (χ0v) is 6.64. The van der Waals surface area contributed by atoms with Gasteiger partial charge >= 0.3 is 0 Å². The molecule has 0 spiro atoms. The highest BCUT2D eigenvalue weighted by Crippen LogP contribution is 2.19. The fourth-order valence-electron chi connectivity index (χ4n) is 1.47. The van der Waals surface area contributed by atoms with Crippen LogP contribution in [0.4, 0.5) is 0 Å². The Balaban J connectivity index is 2.25. The summed E-state index contributed by atoms with van der Waals surface area (Å²) in [6, 6.07) is 0.299. The summed E-state index contributed by atoms with van der Waals surface area (Å²) in [7, 11) is 0. The van der Waals surface area contributed by atoms with E-state index in [1.54, 1.807) is 6.20 Å². The molecule has 1 aromatic rings. The first-order valence-electron chi connectivity index (χ1n) is 3.97. The molecule has 0 aliphatic carbocycles. The molecule has 1 atom stereocenters. The third-order valence-corrected chi connectivity index (χ3v) is 2.10. The van der Waals surface area contributed by atoms with Crippen LogP contribution in [-0.2, 0) is 4.74 Å². The number of hydrogen-bond donors (Lipinski definition) is 0. The molecule has 4 heteroatoms. The second-order valence-electron chi connectivity index (χ2n) is 2.83. The van der Waals surface area contributed by atoms with Crippen molar-refractivity contribution in [2.24, 2.45) is 0 Å². The Hall–Kier alpha value is -1.16. The van der Waals surface area contributed by atoms with E-state index in [0.717, 1.165) is 19.3 Å². The maximum absolute atomic E-state index is 10.5. The van der Waals surface area contributed by atoms with Crippen LogP contribution in [0, 0.1) is 0 Å². The zero-order chi connectivity index (χ0) is 8.39. The molecule has 64 valence electrons. The molecular weight excluding hydrogens is 156 g/mol. The van der Waals surface area contributed by atoms with Crippen molar-refractivity contribution in [2.75, 3.05) is 13.2 Å². The average Bonchev–Trinajstić information content (AvgIpc) is 2.74. The molecule has 1 saturated heterocycles. The lowest BCUT2D eigenvalue weighted by Crippen LogP contribution is -2.10. The molecule has 0 amide bonds. The molecule has 0 saturated carbocycles. The van der Waals surface area contributed by atoms with E-state index >= 15 is 0 Å². The maximum atomic E-state index is 10.5. The molecule has 0 N–H and O–H groups in total.